The van der Waals surface area contributed by atoms with Crippen LogP contribution in [0.1, 0.15) is 13.3 Å². The summed E-state index contributed by atoms with van der Waals surface area (Å²) in [6, 6.07) is 0. The Hall–Kier alpha value is -1.12. The molecule has 0 rings (SSSR count). The average Bonchev–Trinajstić information content (AvgIpc) is 1.88. The molecule has 0 saturated heterocycles. The van der Waals surface area contributed by atoms with E-state index in [9.17, 15) is 9.59 Å². The number of carbonyl (C=O) groups excluding carboxylic acids is 2. The second-order valence-electron chi connectivity index (χ2n) is 1.87. The fourth-order valence-corrected chi connectivity index (χ4v) is 0.323. The minimum absolute atomic E-state index is 0.148. The third-order valence-electron chi connectivity index (χ3n) is 0.817. The Morgan fingerprint density at radius 3 is 2.70 bits per heavy atom. The van der Waals surface area contributed by atoms with E-state index in [1.807, 2.05) is 0 Å². The zero-order valence-corrected chi connectivity index (χ0v) is 5.92. The van der Waals surface area contributed by atoms with Gasteiger partial charge in [-0.15, -0.1) is 0 Å². The van der Waals surface area contributed by atoms with Crippen LogP contribution in [0.2, 0.25) is 0 Å². The molecular weight excluding hydrogens is 132 g/mol. The van der Waals surface area contributed by atoms with Gasteiger partial charge in [0, 0.05) is 12.0 Å². The van der Waals surface area contributed by atoms with Crippen molar-refractivity contribution in [1.82, 2.24) is 0 Å². The minimum atomic E-state index is -0.443. The van der Waals surface area contributed by atoms with Crippen molar-refractivity contribution in [1.29, 1.82) is 0 Å². The number of esters is 1. The van der Waals surface area contributed by atoms with Crippen molar-refractivity contribution >= 4 is 12.3 Å². The van der Waals surface area contributed by atoms with E-state index in [1.54, 1.807) is 6.92 Å². The molecule has 0 spiro atoms. The Kier molecular flexibility index (Phi) is 4.20. The van der Waals surface area contributed by atoms with Crippen molar-refractivity contribution in [2.75, 3.05) is 6.61 Å². The average molecular weight is 142 g/mol. The first-order valence-corrected chi connectivity index (χ1v) is 2.94. The molecule has 0 fully saturated rings. The third-order valence-corrected chi connectivity index (χ3v) is 0.817. The number of rotatable bonds is 4. The van der Waals surface area contributed by atoms with Crippen LogP contribution in [-0.2, 0) is 14.3 Å². The molecule has 0 aliphatic rings. The van der Waals surface area contributed by atoms with Gasteiger partial charge in [-0.3, -0.25) is 0 Å². The maximum atomic E-state index is 10.6. The van der Waals surface area contributed by atoms with Gasteiger partial charge in [-0.05, 0) is 6.92 Å². The van der Waals surface area contributed by atoms with E-state index in [2.05, 4.69) is 11.3 Å². The van der Waals surface area contributed by atoms with E-state index in [0.717, 1.165) is 0 Å². The molecule has 0 N–H and O–H groups in total. The summed E-state index contributed by atoms with van der Waals surface area (Å²) < 4.78 is 4.57. The highest BCUT2D eigenvalue weighted by Gasteiger charge is 2.00. The van der Waals surface area contributed by atoms with Crippen LogP contribution < -0.4 is 0 Å². The van der Waals surface area contributed by atoms with E-state index in [0.29, 0.717) is 11.9 Å². The molecule has 3 nitrogen and oxygen atoms in total. The van der Waals surface area contributed by atoms with Crippen molar-refractivity contribution in [3.63, 3.8) is 0 Å². The first-order valence-electron chi connectivity index (χ1n) is 2.94. The second kappa shape index (κ2) is 4.73. The molecule has 10 heavy (non-hydrogen) atoms. The molecule has 0 saturated carbocycles. The van der Waals surface area contributed by atoms with Gasteiger partial charge in [0.15, 0.2) is 0 Å². The Morgan fingerprint density at radius 1 is 1.70 bits per heavy atom. The zero-order chi connectivity index (χ0) is 7.98. The monoisotopic (exact) mass is 142 g/mol. The summed E-state index contributed by atoms with van der Waals surface area (Å²) in [6.07, 6.45) is 0.949. The molecule has 0 aromatic rings. The van der Waals surface area contributed by atoms with E-state index < -0.39 is 5.97 Å². The van der Waals surface area contributed by atoms with E-state index in [4.69, 9.17) is 0 Å². The van der Waals surface area contributed by atoms with Crippen LogP contribution >= 0.6 is 0 Å². The van der Waals surface area contributed by atoms with Crippen LogP contribution in [-0.4, -0.2) is 18.9 Å². The molecule has 0 amide bonds. The van der Waals surface area contributed by atoms with Crippen LogP contribution in [0.25, 0.3) is 0 Å². The fourth-order valence-electron chi connectivity index (χ4n) is 0.323. The Labute approximate surface area is 59.7 Å². The zero-order valence-electron chi connectivity index (χ0n) is 5.92. The standard InChI is InChI=1S/C7H10O3/c1-6(2)7(9)10-5-3-4-8/h4H,1,3,5H2,2H3. The lowest BCUT2D eigenvalue weighted by Gasteiger charge is -1.99. The first kappa shape index (κ1) is 8.88. The minimum Gasteiger partial charge on any atom is -0.462 e. The molecule has 0 aliphatic heterocycles. The van der Waals surface area contributed by atoms with Gasteiger partial charge in [0.25, 0.3) is 0 Å². The van der Waals surface area contributed by atoms with Crippen LogP contribution in [0, 0.1) is 0 Å². The van der Waals surface area contributed by atoms with Crippen molar-refractivity contribution in [2.24, 2.45) is 0 Å². The summed E-state index contributed by atoms with van der Waals surface area (Å²) in [7, 11) is 0. The highest BCUT2D eigenvalue weighted by atomic mass is 16.5. The van der Waals surface area contributed by atoms with Gasteiger partial charge < -0.3 is 9.53 Å². The van der Waals surface area contributed by atoms with Crippen LogP contribution in [0.5, 0.6) is 0 Å². The summed E-state index contributed by atoms with van der Waals surface area (Å²) in [5.74, 6) is -0.443. The molecule has 0 aliphatic carbocycles. The maximum Gasteiger partial charge on any atom is 0.333 e. The van der Waals surface area contributed by atoms with Gasteiger partial charge in [0.05, 0.1) is 6.61 Å². The molecule has 0 aromatic heterocycles. The van der Waals surface area contributed by atoms with Crippen molar-refractivity contribution in [2.45, 2.75) is 13.3 Å². The number of ether oxygens (including phenoxy) is 1. The summed E-state index contributed by atoms with van der Waals surface area (Å²) >= 11 is 0. The molecule has 0 aromatic carbocycles. The first-order chi connectivity index (χ1) is 4.68. The van der Waals surface area contributed by atoms with E-state index in [1.165, 1.54) is 0 Å². The highest BCUT2D eigenvalue weighted by molar-refractivity contribution is 5.86. The number of hydrogen-bond donors (Lipinski definition) is 0. The Morgan fingerprint density at radius 2 is 2.30 bits per heavy atom. The molecule has 0 heterocycles. The topological polar surface area (TPSA) is 43.4 Å². The number of hydrogen-bond acceptors (Lipinski definition) is 3. The lowest BCUT2D eigenvalue weighted by atomic mass is 10.4. The quantitative estimate of drug-likeness (QED) is 0.251. The van der Waals surface area contributed by atoms with Gasteiger partial charge in [-0.25, -0.2) is 4.79 Å². The van der Waals surface area contributed by atoms with Gasteiger partial charge in [0.2, 0.25) is 0 Å². The van der Waals surface area contributed by atoms with Gasteiger partial charge in [0.1, 0.15) is 6.29 Å². The largest absolute Gasteiger partial charge is 0.462 e. The molecule has 56 valence electrons. The van der Waals surface area contributed by atoms with Crippen LogP contribution in [0.3, 0.4) is 0 Å². The summed E-state index contributed by atoms with van der Waals surface area (Å²) in [5, 5.41) is 0. The fraction of sp³-hybridized carbons (Fsp3) is 0.429. The van der Waals surface area contributed by atoms with Crippen molar-refractivity contribution < 1.29 is 14.3 Å². The van der Waals surface area contributed by atoms with E-state index >= 15 is 0 Å². The smallest absolute Gasteiger partial charge is 0.333 e. The Bertz CT molecular complexity index is 149. The summed E-state index contributed by atoms with van der Waals surface area (Å²) in [4.78, 5) is 20.3. The summed E-state index contributed by atoms with van der Waals surface area (Å²) in [5.41, 5.74) is 0.353. The SMILES string of the molecule is C=C(C)C(=O)OCCC=O. The van der Waals surface area contributed by atoms with Crippen molar-refractivity contribution in [3.05, 3.63) is 12.2 Å². The van der Waals surface area contributed by atoms with Crippen LogP contribution in [0.15, 0.2) is 12.2 Å². The van der Waals surface area contributed by atoms with Crippen molar-refractivity contribution in [3.8, 4) is 0 Å². The lowest BCUT2D eigenvalue weighted by molar-refractivity contribution is -0.139. The van der Waals surface area contributed by atoms with Crippen LogP contribution in [0.4, 0.5) is 0 Å². The van der Waals surface area contributed by atoms with E-state index in [-0.39, 0.29) is 13.0 Å². The van der Waals surface area contributed by atoms with Gasteiger partial charge in [-0.2, -0.15) is 0 Å². The molecule has 0 radical (unpaired) electrons. The summed E-state index contributed by atoms with van der Waals surface area (Å²) in [6.45, 7) is 5.08. The molecule has 0 bridgehead atoms. The molecule has 0 unspecified atom stereocenters. The predicted octanol–water partition coefficient (Wildman–Crippen LogP) is 0.695. The second-order valence-corrected chi connectivity index (χ2v) is 1.87. The molecule has 0 atom stereocenters. The number of carbonyl (C=O) groups is 2. The van der Waals surface area contributed by atoms with Gasteiger partial charge >= 0.3 is 5.97 Å². The third kappa shape index (κ3) is 3.83. The number of aldehydes is 1. The normalized spacial score (nSPS) is 8.50. The maximum absolute atomic E-state index is 10.6. The predicted molar refractivity (Wildman–Crippen MR) is 36.5 cm³/mol. The molecule has 3 heteroatoms. The Balaban J connectivity index is 3.40. The lowest BCUT2D eigenvalue weighted by Crippen LogP contribution is -2.06. The highest BCUT2D eigenvalue weighted by Crippen LogP contribution is 1.91. The molecular formula is C7H10O3. The van der Waals surface area contributed by atoms with Gasteiger partial charge in [-0.1, -0.05) is 6.58 Å².